The van der Waals surface area contributed by atoms with Crippen LogP contribution in [-0.4, -0.2) is 13.0 Å². The van der Waals surface area contributed by atoms with Crippen molar-refractivity contribution in [3.05, 3.63) is 28.2 Å². The van der Waals surface area contributed by atoms with Gasteiger partial charge in [0.2, 0.25) is 5.91 Å². The zero-order chi connectivity index (χ0) is 13.2. The van der Waals surface area contributed by atoms with E-state index in [1.54, 1.807) is 7.11 Å². The number of methoxy groups -OCH3 is 1. The van der Waals surface area contributed by atoms with Crippen molar-refractivity contribution < 1.29 is 9.53 Å². The Kier molecular flexibility index (Phi) is 3.58. The Hall–Kier alpha value is -1.54. The second-order valence-electron chi connectivity index (χ2n) is 4.33. The monoisotopic (exact) mass is 308 g/mol. The molecule has 1 fully saturated rings. The molecule has 4 nitrogen and oxygen atoms in total. The average Bonchev–Trinajstić information content (AvgIpc) is 3.17. The Morgan fingerprint density at radius 1 is 1.61 bits per heavy atom. The highest BCUT2D eigenvalue weighted by atomic mass is 79.9. The molecular weight excluding hydrogens is 296 g/mol. The predicted octanol–water partition coefficient (Wildman–Crippen LogP) is 2.38. The van der Waals surface area contributed by atoms with Crippen molar-refractivity contribution in [1.29, 1.82) is 5.26 Å². The molecule has 1 aliphatic rings. The lowest BCUT2D eigenvalue weighted by Crippen LogP contribution is -2.30. The van der Waals surface area contributed by atoms with E-state index < -0.39 is 5.41 Å². The van der Waals surface area contributed by atoms with Gasteiger partial charge >= 0.3 is 0 Å². The minimum absolute atomic E-state index is 0.188. The van der Waals surface area contributed by atoms with Gasteiger partial charge < -0.3 is 10.1 Å². The molecule has 18 heavy (non-hydrogen) atoms. The summed E-state index contributed by atoms with van der Waals surface area (Å²) in [4.78, 5) is 11.8. The molecule has 0 saturated heterocycles. The summed E-state index contributed by atoms with van der Waals surface area (Å²) in [5, 5.41) is 11.7. The summed E-state index contributed by atoms with van der Waals surface area (Å²) >= 11 is 3.38. The van der Waals surface area contributed by atoms with Gasteiger partial charge in [-0.2, -0.15) is 5.26 Å². The molecule has 94 valence electrons. The molecule has 1 aromatic carbocycles. The molecule has 0 heterocycles. The van der Waals surface area contributed by atoms with Crippen molar-refractivity contribution in [3.8, 4) is 11.8 Å². The maximum Gasteiger partial charge on any atom is 0.240 e. The molecule has 1 N–H and O–H groups in total. The molecule has 1 aliphatic carbocycles. The predicted molar refractivity (Wildman–Crippen MR) is 69.8 cm³/mol. The van der Waals surface area contributed by atoms with Crippen molar-refractivity contribution in [2.45, 2.75) is 19.4 Å². The number of carbonyl (C=O) groups excluding carboxylic acids is 1. The number of hydrogen-bond donors (Lipinski definition) is 1. The van der Waals surface area contributed by atoms with Crippen LogP contribution in [0.25, 0.3) is 0 Å². The van der Waals surface area contributed by atoms with Gasteiger partial charge in [-0.3, -0.25) is 4.79 Å². The lowest BCUT2D eigenvalue weighted by atomic mass is 10.1. The highest BCUT2D eigenvalue weighted by molar-refractivity contribution is 9.10. The minimum atomic E-state index is -0.779. The molecule has 0 spiro atoms. The van der Waals surface area contributed by atoms with Crippen LogP contribution in [0.15, 0.2) is 22.7 Å². The van der Waals surface area contributed by atoms with Crippen molar-refractivity contribution >= 4 is 21.8 Å². The van der Waals surface area contributed by atoms with Crippen molar-refractivity contribution in [2.24, 2.45) is 5.41 Å². The highest BCUT2D eigenvalue weighted by Gasteiger charge is 2.50. The van der Waals surface area contributed by atoms with Gasteiger partial charge in [0.15, 0.2) is 0 Å². The SMILES string of the molecule is COc1ccc(Br)cc1CNC(=O)C1(C#N)CC1. The van der Waals surface area contributed by atoms with E-state index in [2.05, 4.69) is 27.3 Å². The standard InChI is InChI=1S/C13H13BrN2O2/c1-18-11-3-2-10(14)6-9(11)7-16-12(17)13(8-15)4-5-13/h2-3,6H,4-5,7H2,1H3,(H,16,17). The third-order valence-corrected chi connectivity index (χ3v) is 3.57. The van der Waals surface area contributed by atoms with Crippen molar-refractivity contribution in [2.75, 3.05) is 7.11 Å². The summed E-state index contributed by atoms with van der Waals surface area (Å²) in [6.45, 7) is 0.366. The molecule has 0 aromatic heterocycles. The van der Waals surface area contributed by atoms with Crippen molar-refractivity contribution in [3.63, 3.8) is 0 Å². The summed E-state index contributed by atoms with van der Waals surface area (Å²) < 4.78 is 6.15. The number of ether oxygens (including phenoxy) is 1. The van der Waals surface area contributed by atoms with Crippen LogP contribution in [0, 0.1) is 16.7 Å². The Bertz CT molecular complexity index is 518. The molecule has 0 radical (unpaired) electrons. The average molecular weight is 309 g/mol. The molecule has 5 heteroatoms. The Morgan fingerprint density at radius 3 is 2.89 bits per heavy atom. The molecule has 0 unspecified atom stereocenters. The van der Waals surface area contributed by atoms with Crippen LogP contribution in [0.4, 0.5) is 0 Å². The van der Waals surface area contributed by atoms with Gasteiger partial charge in [0.05, 0.1) is 13.2 Å². The normalized spacial score (nSPS) is 15.6. The first-order valence-electron chi connectivity index (χ1n) is 5.63. The Balaban J connectivity index is 2.04. The van der Waals surface area contributed by atoms with E-state index in [0.717, 1.165) is 15.8 Å². The molecule has 1 saturated carbocycles. The maximum absolute atomic E-state index is 11.8. The number of rotatable bonds is 4. The second kappa shape index (κ2) is 4.99. The summed E-state index contributed by atoms with van der Waals surface area (Å²) in [5.41, 5.74) is 0.105. The zero-order valence-corrected chi connectivity index (χ0v) is 11.6. The maximum atomic E-state index is 11.8. The van der Waals surface area contributed by atoms with E-state index in [1.165, 1.54) is 0 Å². The summed E-state index contributed by atoms with van der Waals surface area (Å²) in [6.07, 6.45) is 1.32. The van der Waals surface area contributed by atoms with Crippen LogP contribution in [0.1, 0.15) is 18.4 Å². The first-order chi connectivity index (χ1) is 8.61. The van der Waals surface area contributed by atoms with Crippen LogP contribution in [0.3, 0.4) is 0 Å². The largest absolute Gasteiger partial charge is 0.496 e. The van der Waals surface area contributed by atoms with E-state index >= 15 is 0 Å². The number of nitrogens with one attached hydrogen (secondary N) is 1. The van der Waals surface area contributed by atoms with Gasteiger partial charge in [0, 0.05) is 16.6 Å². The molecule has 0 atom stereocenters. The second-order valence-corrected chi connectivity index (χ2v) is 5.25. The summed E-state index contributed by atoms with van der Waals surface area (Å²) in [6, 6.07) is 7.68. The molecule has 0 aliphatic heterocycles. The van der Waals surface area contributed by atoms with Gasteiger partial charge in [-0.05, 0) is 31.0 Å². The van der Waals surface area contributed by atoms with E-state index in [-0.39, 0.29) is 5.91 Å². The fourth-order valence-corrected chi connectivity index (χ4v) is 2.15. The van der Waals surface area contributed by atoms with E-state index in [4.69, 9.17) is 10.00 Å². The molecular formula is C13H13BrN2O2. The highest BCUT2D eigenvalue weighted by Crippen LogP contribution is 2.45. The fraction of sp³-hybridized carbons (Fsp3) is 0.385. The minimum Gasteiger partial charge on any atom is -0.496 e. The third-order valence-electron chi connectivity index (χ3n) is 3.08. The first-order valence-corrected chi connectivity index (χ1v) is 6.42. The van der Waals surface area contributed by atoms with Crippen LogP contribution in [-0.2, 0) is 11.3 Å². The fourth-order valence-electron chi connectivity index (χ4n) is 1.74. The number of hydrogen-bond acceptors (Lipinski definition) is 3. The van der Waals surface area contributed by atoms with Gasteiger partial charge in [0.25, 0.3) is 0 Å². The van der Waals surface area contributed by atoms with Crippen LogP contribution >= 0.6 is 15.9 Å². The number of benzene rings is 1. The van der Waals surface area contributed by atoms with Crippen LogP contribution in [0.5, 0.6) is 5.75 Å². The molecule has 1 amide bonds. The smallest absolute Gasteiger partial charge is 0.240 e. The lowest BCUT2D eigenvalue weighted by Gasteiger charge is -2.11. The third kappa shape index (κ3) is 2.49. The van der Waals surface area contributed by atoms with E-state index in [9.17, 15) is 4.79 Å². The van der Waals surface area contributed by atoms with E-state index in [0.29, 0.717) is 19.4 Å². The van der Waals surface area contributed by atoms with Crippen molar-refractivity contribution in [1.82, 2.24) is 5.32 Å². The van der Waals surface area contributed by atoms with Gasteiger partial charge in [0.1, 0.15) is 11.2 Å². The molecule has 0 bridgehead atoms. The Labute approximate surface area is 114 Å². The number of amides is 1. The quantitative estimate of drug-likeness (QED) is 0.929. The van der Waals surface area contributed by atoms with Gasteiger partial charge in [-0.15, -0.1) is 0 Å². The van der Waals surface area contributed by atoms with E-state index in [1.807, 2.05) is 18.2 Å². The van der Waals surface area contributed by atoms with Gasteiger partial charge in [-0.25, -0.2) is 0 Å². The number of halogens is 1. The lowest BCUT2D eigenvalue weighted by molar-refractivity contribution is -0.124. The summed E-state index contributed by atoms with van der Waals surface area (Å²) in [5.74, 6) is 0.535. The topological polar surface area (TPSA) is 62.1 Å². The number of carbonyl (C=O) groups is 1. The number of nitriles is 1. The van der Waals surface area contributed by atoms with Crippen LogP contribution in [0.2, 0.25) is 0 Å². The van der Waals surface area contributed by atoms with Gasteiger partial charge in [-0.1, -0.05) is 15.9 Å². The molecule has 1 aromatic rings. The summed E-state index contributed by atoms with van der Waals surface area (Å²) in [7, 11) is 1.59. The molecule has 2 rings (SSSR count). The first kappa shape index (κ1) is 12.9. The Morgan fingerprint density at radius 2 is 2.33 bits per heavy atom. The number of nitrogens with zero attached hydrogens (tertiary/aromatic N) is 1. The van der Waals surface area contributed by atoms with Crippen LogP contribution < -0.4 is 10.1 Å². The zero-order valence-electron chi connectivity index (χ0n) is 10.00.